The maximum absolute atomic E-state index is 12.8. The molecule has 0 saturated heterocycles. The molecule has 3 rings (SSSR count). The van der Waals surface area contributed by atoms with Crippen LogP contribution in [0, 0.1) is 0 Å². The van der Waals surface area contributed by atoms with Crippen LogP contribution in [0.25, 0.3) is 10.9 Å². The normalized spacial score (nSPS) is 10.8. The molecule has 1 heterocycles. The maximum Gasteiger partial charge on any atom is 0.267 e. The van der Waals surface area contributed by atoms with Crippen LogP contribution in [0.5, 0.6) is 5.75 Å². The largest absolute Gasteiger partial charge is 0.506 e. The summed E-state index contributed by atoms with van der Waals surface area (Å²) in [6, 6.07) is 14.4. The zero-order chi connectivity index (χ0) is 18.0. The van der Waals surface area contributed by atoms with Gasteiger partial charge in [0.05, 0.1) is 5.52 Å². The van der Waals surface area contributed by atoms with Gasteiger partial charge < -0.3 is 15.0 Å². The van der Waals surface area contributed by atoms with E-state index < -0.39 is 11.5 Å². The van der Waals surface area contributed by atoms with Gasteiger partial charge in [-0.2, -0.15) is 0 Å². The lowest BCUT2D eigenvalue weighted by molar-refractivity contribution is 0.102. The predicted molar refractivity (Wildman–Crippen MR) is 99.3 cm³/mol. The minimum atomic E-state index is -0.601. The van der Waals surface area contributed by atoms with Crippen LogP contribution in [0.4, 0.5) is 5.69 Å². The van der Waals surface area contributed by atoms with Crippen molar-refractivity contribution < 1.29 is 9.90 Å². The predicted octanol–water partition coefficient (Wildman–Crippen LogP) is 3.54. The van der Waals surface area contributed by atoms with Gasteiger partial charge in [-0.25, -0.2) is 0 Å². The summed E-state index contributed by atoms with van der Waals surface area (Å²) >= 11 is 0. The van der Waals surface area contributed by atoms with Crippen LogP contribution in [-0.4, -0.2) is 15.6 Å². The van der Waals surface area contributed by atoms with Crippen LogP contribution in [0.15, 0.2) is 53.3 Å². The molecule has 1 amide bonds. The lowest BCUT2D eigenvalue weighted by Gasteiger charge is -2.14. The summed E-state index contributed by atoms with van der Waals surface area (Å²) in [5.41, 5.74) is 1.49. The fourth-order valence-electron chi connectivity index (χ4n) is 3.04. The molecule has 0 fully saturated rings. The number of rotatable bonds is 4. The molecule has 0 unspecified atom stereocenters. The zero-order valence-corrected chi connectivity index (χ0v) is 14.2. The Morgan fingerprint density at radius 3 is 2.48 bits per heavy atom. The number of anilines is 1. The molecule has 0 radical (unpaired) electrons. The van der Waals surface area contributed by atoms with E-state index in [1.54, 1.807) is 30.3 Å². The van der Waals surface area contributed by atoms with Crippen molar-refractivity contribution >= 4 is 22.5 Å². The van der Waals surface area contributed by atoms with Crippen LogP contribution in [0.2, 0.25) is 0 Å². The third kappa shape index (κ3) is 2.89. The molecule has 0 bridgehead atoms. The number of carbonyl (C=O) groups excluding carboxylic acids is 1. The molecular formula is C20H20N2O3. The number of hydrogen-bond acceptors (Lipinski definition) is 3. The van der Waals surface area contributed by atoms with Gasteiger partial charge in [-0.05, 0) is 37.1 Å². The van der Waals surface area contributed by atoms with E-state index in [0.717, 1.165) is 12.0 Å². The van der Waals surface area contributed by atoms with E-state index in [1.165, 1.54) is 4.57 Å². The number of aromatic nitrogens is 1. The average Bonchev–Trinajstić information content (AvgIpc) is 2.62. The highest BCUT2D eigenvalue weighted by atomic mass is 16.3. The molecule has 128 valence electrons. The number of fused-ring (bicyclic) bond motifs is 1. The van der Waals surface area contributed by atoms with E-state index in [-0.39, 0.29) is 11.3 Å². The van der Waals surface area contributed by atoms with E-state index in [0.29, 0.717) is 23.1 Å². The number of aryl methyl sites for hydroxylation is 2. The Kier molecular flexibility index (Phi) is 4.57. The van der Waals surface area contributed by atoms with Crippen molar-refractivity contribution in [1.82, 2.24) is 4.57 Å². The summed E-state index contributed by atoms with van der Waals surface area (Å²) in [5, 5.41) is 13.8. The summed E-state index contributed by atoms with van der Waals surface area (Å²) in [6.45, 7) is 4.23. The van der Waals surface area contributed by atoms with E-state index in [1.807, 2.05) is 32.0 Å². The first-order chi connectivity index (χ1) is 12.1. The van der Waals surface area contributed by atoms with Crippen LogP contribution < -0.4 is 10.9 Å². The van der Waals surface area contributed by atoms with E-state index in [9.17, 15) is 14.7 Å². The van der Waals surface area contributed by atoms with Gasteiger partial charge >= 0.3 is 0 Å². The zero-order valence-electron chi connectivity index (χ0n) is 14.2. The minimum Gasteiger partial charge on any atom is -0.506 e. The Labute approximate surface area is 145 Å². The van der Waals surface area contributed by atoms with Crippen molar-refractivity contribution in [3.63, 3.8) is 0 Å². The van der Waals surface area contributed by atoms with Crippen molar-refractivity contribution in [2.24, 2.45) is 0 Å². The van der Waals surface area contributed by atoms with Gasteiger partial charge in [0.2, 0.25) is 0 Å². The molecule has 2 aromatic carbocycles. The summed E-state index contributed by atoms with van der Waals surface area (Å²) in [4.78, 5) is 25.5. The molecule has 0 aliphatic carbocycles. The molecule has 0 atom stereocenters. The van der Waals surface area contributed by atoms with Gasteiger partial charge in [0, 0.05) is 17.6 Å². The first-order valence-electron chi connectivity index (χ1n) is 8.32. The number of nitrogens with one attached hydrogen (secondary N) is 1. The highest BCUT2D eigenvalue weighted by Gasteiger charge is 2.22. The van der Waals surface area contributed by atoms with Crippen molar-refractivity contribution in [3.8, 4) is 5.75 Å². The summed E-state index contributed by atoms with van der Waals surface area (Å²) in [6.07, 6.45) is 0.749. The molecule has 25 heavy (non-hydrogen) atoms. The van der Waals surface area contributed by atoms with Gasteiger partial charge in [-0.1, -0.05) is 37.3 Å². The molecule has 0 aliphatic rings. The van der Waals surface area contributed by atoms with Gasteiger partial charge in [0.25, 0.3) is 11.5 Å². The molecule has 3 aromatic rings. The molecule has 5 heteroatoms. The quantitative estimate of drug-likeness (QED) is 0.765. The highest BCUT2D eigenvalue weighted by Crippen LogP contribution is 2.27. The Hall–Kier alpha value is -3.08. The number of para-hydroxylation sites is 2. The second kappa shape index (κ2) is 6.81. The first-order valence-corrected chi connectivity index (χ1v) is 8.32. The van der Waals surface area contributed by atoms with Gasteiger partial charge in [-0.3, -0.25) is 9.59 Å². The number of hydrogen-bond donors (Lipinski definition) is 2. The third-order valence-electron chi connectivity index (χ3n) is 4.34. The van der Waals surface area contributed by atoms with Crippen LogP contribution in [0.1, 0.15) is 29.8 Å². The first kappa shape index (κ1) is 16.8. The molecule has 2 N–H and O–H groups in total. The Morgan fingerprint density at radius 1 is 1.08 bits per heavy atom. The number of aromatic hydroxyl groups is 1. The topological polar surface area (TPSA) is 71.3 Å². The van der Waals surface area contributed by atoms with Crippen molar-refractivity contribution in [2.75, 3.05) is 5.32 Å². The van der Waals surface area contributed by atoms with E-state index >= 15 is 0 Å². The highest BCUT2D eigenvalue weighted by molar-refractivity contribution is 6.09. The monoisotopic (exact) mass is 336 g/mol. The Morgan fingerprint density at radius 2 is 1.76 bits per heavy atom. The van der Waals surface area contributed by atoms with Crippen LogP contribution in [0.3, 0.4) is 0 Å². The van der Waals surface area contributed by atoms with Gasteiger partial charge in [0.1, 0.15) is 11.3 Å². The lowest BCUT2D eigenvalue weighted by Crippen LogP contribution is -2.29. The fourth-order valence-corrected chi connectivity index (χ4v) is 3.04. The van der Waals surface area contributed by atoms with Crippen LogP contribution >= 0.6 is 0 Å². The Bertz CT molecular complexity index is 1010. The maximum atomic E-state index is 12.8. The average molecular weight is 336 g/mol. The minimum absolute atomic E-state index is 0.230. The number of pyridine rings is 1. The van der Waals surface area contributed by atoms with Gasteiger partial charge in [0.15, 0.2) is 0 Å². The second-order valence-electron chi connectivity index (χ2n) is 5.75. The Balaban J connectivity index is 2.15. The third-order valence-corrected chi connectivity index (χ3v) is 4.34. The molecule has 0 saturated carbocycles. The number of benzene rings is 2. The fraction of sp³-hybridized carbons (Fsp3) is 0.200. The second-order valence-corrected chi connectivity index (χ2v) is 5.75. The molecular weight excluding hydrogens is 316 g/mol. The number of amides is 1. The lowest BCUT2D eigenvalue weighted by atomic mass is 10.1. The number of nitrogens with zero attached hydrogens (tertiary/aromatic N) is 1. The summed E-state index contributed by atoms with van der Waals surface area (Å²) in [5.74, 6) is -0.881. The summed E-state index contributed by atoms with van der Waals surface area (Å²) < 4.78 is 1.50. The molecule has 0 spiro atoms. The van der Waals surface area contributed by atoms with E-state index in [2.05, 4.69) is 5.32 Å². The SMILES string of the molecule is CCc1ccccc1NC(=O)c1c(O)c2ccccc2n(CC)c1=O. The summed E-state index contributed by atoms with van der Waals surface area (Å²) in [7, 11) is 0. The van der Waals surface area contributed by atoms with Crippen molar-refractivity contribution in [1.29, 1.82) is 0 Å². The van der Waals surface area contributed by atoms with E-state index in [4.69, 9.17) is 0 Å². The number of carbonyl (C=O) groups is 1. The molecule has 0 aliphatic heterocycles. The smallest absolute Gasteiger partial charge is 0.267 e. The standard InChI is InChI=1S/C20H20N2O3/c1-3-13-9-5-7-11-15(13)21-19(24)17-18(23)14-10-6-8-12-16(14)22(4-2)20(17)25/h5-12,23H,3-4H2,1-2H3,(H,21,24). The molecule has 1 aromatic heterocycles. The molecule has 5 nitrogen and oxygen atoms in total. The van der Waals surface area contributed by atoms with Crippen molar-refractivity contribution in [2.45, 2.75) is 26.8 Å². The van der Waals surface area contributed by atoms with Gasteiger partial charge in [-0.15, -0.1) is 0 Å². The van der Waals surface area contributed by atoms with Crippen LogP contribution in [-0.2, 0) is 13.0 Å². The van der Waals surface area contributed by atoms with Crippen molar-refractivity contribution in [3.05, 3.63) is 70.0 Å².